The number of carboxylic acid groups (broad SMARTS) is 1. The Morgan fingerprint density at radius 3 is 2.35 bits per heavy atom. The lowest BCUT2D eigenvalue weighted by Gasteiger charge is -2.15. The van der Waals surface area contributed by atoms with Crippen LogP contribution < -0.4 is 5.32 Å². The molecule has 0 aliphatic rings. The van der Waals surface area contributed by atoms with Crippen LogP contribution in [0, 0.1) is 17.5 Å². The lowest BCUT2D eigenvalue weighted by molar-refractivity contribution is -0.139. The second kappa shape index (κ2) is 5.53. The molecule has 1 aromatic carbocycles. The molecular formula is C10H10F3NO3. The highest BCUT2D eigenvalue weighted by molar-refractivity contribution is 5.77. The highest BCUT2D eigenvalue weighted by atomic mass is 19.2. The van der Waals surface area contributed by atoms with Gasteiger partial charge in [-0.15, -0.1) is 0 Å². The van der Waals surface area contributed by atoms with E-state index in [1.165, 1.54) is 7.11 Å². The zero-order valence-corrected chi connectivity index (χ0v) is 8.84. The molecule has 0 saturated carbocycles. The smallest absolute Gasteiger partial charge is 0.328 e. The third-order valence-corrected chi connectivity index (χ3v) is 1.96. The van der Waals surface area contributed by atoms with Crippen molar-refractivity contribution < 1.29 is 27.8 Å². The van der Waals surface area contributed by atoms with Gasteiger partial charge in [-0.25, -0.2) is 18.0 Å². The van der Waals surface area contributed by atoms with Crippen LogP contribution >= 0.6 is 0 Å². The SMILES string of the molecule is COCC(Nc1cc(F)c(F)c(F)c1)C(=O)O. The molecule has 94 valence electrons. The van der Waals surface area contributed by atoms with Gasteiger partial charge in [-0.05, 0) is 0 Å². The number of hydrogen-bond donors (Lipinski definition) is 2. The van der Waals surface area contributed by atoms with Crippen molar-refractivity contribution in [3.05, 3.63) is 29.6 Å². The minimum absolute atomic E-state index is 0.175. The lowest BCUT2D eigenvalue weighted by Crippen LogP contribution is -2.33. The average molecular weight is 249 g/mol. The summed E-state index contributed by atoms with van der Waals surface area (Å²) in [5, 5.41) is 11.1. The summed E-state index contributed by atoms with van der Waals surface area (Å²) in [7, 11) is 1.28. The van der Waals surface area contributed by atoms with Gasteiger partial charge in [0.05, 0.1) is 6.61 Å². The van der Waals surface area contributed by atoms with Gasteiger partial charge in [0.25, 0.3) is 0 Å². The molecule has 1 unspecified atom stereocenters. The van der Waals surface area contributed by atoms with E-state index >= 15 is 0 Å². The van der Waals surface area contributed by atoms with Crippen LogP contribution in [0.3, 0.4) is 0 Å². The normalized spacial score (nSPS) is 12.2. The third-order valence-electron chi connectivity index (χ3n) is 1.96. The number of anilines is 1. The lowest BCUT2D eigenvalue weighted by atomic mass is 10.2. The van der Waals surface area contributed by atoms with E-state index in [1.54, 1.807) is 0 Å². The summed E-state index contributed by atoms with van der Waals surface area (Å²) in [6, 6.07) is 0.165. The predicted molar refractivity (Wildman–Crippen MR) is 53.2 cm³/mol. The second-order valence-electron chi connectivity index (χ2n) is 3.24. The number of nitrogens with one attached hydrogen (secondary N) is 1. The van der Waals surface area contributed by atoms with Crippen LogP contribution in [-0.2, 0) is 9.53 Å². The van der Waals surface area contributed by atoms with Crippen LogP contribution in [0.2, 0.25) is 0 Å². The number of carbonyl (C=O) groups is 1. The summed E-state index contributed by atoms with van der Waals surface area (Å²) in [4.78, 5) is 10.7. The zero-order valence-electron chi connectivity index (χ0n) is 8.84. The first-order valence-corrected chi connectivity index (χ1v) is 4.58. The van der Waals surface area contributed by atoms with Crippen molar-refractivity contribution in [2.45, 2.75) is 6.04 Å². The van der Waals surface area contributed by atoms with Gasteiger partial charge < -0.3 is 15.2 Å². The highest BCUT2D eigenvalue weighted by Gasteiger charge is 2.18. The monoisotopic (exact) mass is 249 g/mol. The molecule has 0 spiro atoms. The summed E-state index contributed by atoms with van der Waals surface area (Å²) in [6.45, 7) is -0.198. The summed E-state index contributed by atoms with van der Waals surface area (Å²) >= 11 is 0. The van der Waals surface area contributed by atoms with Gasteiger partial charge in [0, 0.05) is 24.9 Å². The molecule has 0 bridgehead atoms. The Bertz CT molecular complexity index is 402. The number of benzene rings is 1. The van der Waals surface area contributed by atoms with E-state index in [0.717, 1.165) is 0 Å². The molecule has 1 rings (SSSR count). The zero-order chi connectivity index (χ0) is 13.0. The third kappa shape index (κ3) is 3.35. The number of hydrogen-bond acceptors (Lipinski definition) is 3. The van der Waals surface area contributed by atoms with Gasteiger partial charge >= 0.3 is 5.97 Å². The van der Waals surface area contributed by atoms with E-state index < -0.39 is 29.5 Å². The number of ether oxygens (including phenoxy) is 1. The molecular weight excluding hydrogens is 239 g/mol. The molecule has 1 atom stereocenters. The number of aliphatic carboxylic acids is 1. The molecule has 0 aliphatic heterocycles. The predicted octanol–water partition coefficient (Wildman–Crippen LogP) is 1.62. The van der Waals surface area contributed by atoms with Crippen LogP contribution in [-0.4, -0.2) is 30.8 Å². The Balaban J connectivity index is 2.90. The number of methoxy groups -OCH3 is 1. The number of rotatable bonds is 5. The molecule has 0 fully saturated rings. The van der Waals surface area contributed by atoms with Crippen molar-refractivity contribution in [3.63, 3.8) is 0 Å². The van der Waals surface area contributed by atoms with E-state index in [1.807, 2.05) is 0 Å². The molecule has 0 amide bonds. The van der Waals surface area contributed by atoms with Gasteiger partial charge in [0.2, 0.25) is 0 Å². The fourth-order valence-corrected chi connectivity index (χ4v) is 1.18. The fraction of sp³-hybridized carbons (Fsp3) is 0.300. The molecule has 7 heteroatoms. The Hall–Kier alpha value is -1.76. The van der Waals surface area contributed by atoms with E-state index in [0.29, 0.717) is 12.1 Å². The maximum absolute atomic E-state index is 12.8. The van der Waals surface area contributed by atoms with Gasteiger partial charge in [0.1, 0.15) is 6.04 Å². The molecule has 2 N–H and O–H groups in total. The number of halogens is 3. The Kier molecular flexibility index (Phi) is 4.33. The second-order valence-corrected chi connectivity index (χ2v) is 3.24. The number of carboxylic acids is 1. The first kappa shape index (κ1) is 13.3. The maximum atomic E-state index is 12.8. The highest BCUT2D eigenvalue weighted by Crippen LogP contribution is 2.18. The molecule has 4 nitrogen and oxygen atoms in total. The van der Waals surface area contributed by atoms with Crippen molar-refractivity contribution in [1.82, 2.24) is 0 Å². The van der Waals surface area contributed by atoms with Gasteiger partial charge in [-0.1, -0.05) is 0 Å². The molecule has 1 aromatic rings. The van der Waals surface area contributed by atoms with E-state index in [-0.39, 0.29) is 12.3 Å². The maximum Gasteiger partial charge on any atom is 0.328 e. The Labute approximate surface area is 95.0 Å². The first-order valence-electron chi connectivity index (χ1n) is 4.58. The summed E-state index contributed by atoms with van der Waals surface area (Å²) in [5.74, 6) is -5.64. The van der Waals surface area contributed by atoms with Crippen LogP contribution in [0.5, 0.6) is 0 Å². The molecule has 17 heavy (non-hydrogen) atoms. The first-order chi connectivity index (χ1) is 7.95. The quantitative estimate of drug-likeness (QED) is 0.778. The largest absolute Gasteiger partial charge is 0.480 e. The topological polar surface area (TPSA) is 58.6 Å². The van der Waals surface area contributed by atoms with Crippen molar-refractivity contribution in [2.24, 2.45) is 0 Å². The van der Waals surface area contributed by atoms with Gasteiger partial charge in [0.15, 0.2) is 17.5 Å². The van der Waals surface area contributed by atoms with E-state index in [9.17, 15) is 18.0 Å². The summed E-state index contributed by atoms with van der Waals surface area (Å²) in [5.41, 5.74) is -0.175. The summed E-state index contributed by atoms with van der Waals surface area (Å²) < 4.78 is 42.9. The molecule has 0 saturated heterocycles. The molecule has 0 aliphatic carbocycles. The van der Waals surface area contributed by atoms with Crippen molar-refractivity contribution in [1.29, 1.82) is 0 Å². The van der Waals surface area contributed by atoms with Gasteiger partial charge in [-0.3, -0.25) is 0 Å². The summed E-state index contributed by atoms with van der Waals surface area (Å²) in [6.07, 6.45) is 0. The molecule has 0 heterocycles. The van der Waals surface area contributed by atoms with Crippen LogP contribution in [0.4, 0.5) is 18.9 Å². The molecule has 0 aromatic heterocycles. The Morgan fingerprint density at radius 1 is 1.41 bits per heavy atom. The molecule has 0 radical (unpaired) electrons. The van der Waals surface area contributed by atoms with E-state index in [4.69, 9.17) is 5.11 Å². The average Bonchev–Trinajstić information content (AvgIpc) is 2.25. The minimum atomic E-state index is -1.60. The van der Waals surface area contributed by atoms with Crippen LogP contribution in [0.1, 0.15) is 0 Å². The van der Waals surface area contributed by atoms with E-state index in [2.05, 4.69) is 10.1 Å². The van der Waals surface area contributed by atoms with Crippen molar-refractivity contribution in [3.8, 4) is 0 Å². The van der Waals surface area contributed by atoms with Gasteiger partial charge in [-0.2, -0.15) is 0 Å². The van der Waals surface area contributed by atoms with Crippen molar-refractivity contribution >= 4 is 11.7 Å². The van der Waals surface area contributed by atoms with Crippen molar-refractivity contribution in [2.75, 3.05) is 19.0 Å². The minimum Gasteiger partial charge on any atom is -0.480 e. The standard InChI is InChI=1S/C10H10F3NO3/c1-17-4-8(10(15)16)14-5-2-6(11)9(13)7(12)3-5/h2-3,8,14H,4H2,1H3,(H,15,16). The fourth-order valence-electron chi connectivity index (χ4n) is 1.18. The Morgan fingerprint density at radius 2 is 1.94 bits per heavy atom. The van der Waals surface area contributed by atoms with Crippen LogP contribution in [0.25, 0.3) is 0 Å². The van der Waals surface area contributed by atoms with Crippen LogP contribution in [0.15, 0.2) is 12.1 Å².